The normalized spacial score (nSPS) is 14.1. The molecule has 66 heavy (non-hydrogen) atoms. The Balaban J connectivity index is 0.971. The van der Waals surface area contributed by atoms with Crippen molar-refractivity contribution in [3.63, 3.8) is 0 Å². The summed E-state index contributed by atoms with van der Waals surface area (Å²) >= 11 is 0. The quantitative estimate of drug-likeness (QED) is 0.167. The predicted molar refractivity (Wildman–Crippen MR) is 265 cm³/mol. The van der Waals surface area contributed by atoms with Crippen LogP contribution in [0.25, 0.3) is 67.3 Å². The molecule has 0 unspecified atom stereocenters. The second-order valence-corrected chi connectivity index (χ2v) is 18.0. The zero-order valence-electron chi connectivity index (χ0n) is 36.5. The molecule has 1 aromatic heterocycles. The Morgan fingerprint density at radius 3 is 1.67 bits per heavy atom. The van der Waals surface area contributed by atoms with Crippen LogP contribution in [-0.4, -0.2) is 9.97 Å². The Labute approximate surface area is 384 Å². The van der Waals surface area contributed by atoms with Crippen LogP contribution in [0.2, 0.25) is 0 Å². The topological polar surface area (TPSA) is 44.2 Å². The molecule has 0 radical (unpaired) electrons. The molecule has 4 nitrogen and oxygen atoms in total. The summed E-state index contributed by atoms with van der Waals surface area (Å²) < 4.78 is 14.2. The van der Waals surface area contributed by atoms with Gasteiger partial charge in [-0.05, 0) is 79.9 Å². The number of hydrogen-bond acceptors (Lipinski definition) is 4. The number of para-hydroxylation sites is 1. The lowest BCUT2D eigenvalue weighted by atomic mass is 9.68. The number of ether oxygens (including phenoxy) is 2. The molecule has 0 spiro atoms. The molecule has 0 atom stereocenters. The minimum absolute atomic E-state index is 0.158. The van der Waals surface area contributed by atoms with Crippen LogP contribution >= 0.6 is 0 Å². The number of benzene rings is 9. The van der Waals surface area contributed by atoms with Gasteiger partial charge in [0, 0.05) is 33.2 Å². The van der Waals surface area contributed by atoms with Gasteiger partial charge in [0.1, 0.15) is 0 Å². The maximum atomic E-state index is 7.34. The number of hydrogen-bond donors (Lipinski definition) is 0. The summed E-state index contributed by atoms with van der Waals surface area (Å²) in [6.45, 7) is 4.62. The summed E-state index contributed by atoms with van der Waals surface area (Å²) in [5.41, 5.74) is 17.9. The minimum Gasteiger partial charge on any atom is -0.449 e. The maximum Gasteiger partial charge on any atom is 0.178 e. The first-order valence-corrected chi connectivity index (χ1v) is 22.6. The molecular formula is C62H42N2O2. The van der Waals surface area contributed by atoms with Crippen LogP contribution in [0.3, 0.4) is 0 Å². The molecule has 0 N–H and O–H groups in total. The summed E-state index contributed by atoms with van der Waals surface area (Å²) in [5.74, 6) is 3.40. The lowest BCUT2D eigenvalue weighted by Crippen LogP contribution is -2.28. The van der Waals surface area contributed by atoms with Crippen molar-refractivity contribution >= 4 is 0 Å². The van der Waals surface area contributed by atoms with Gasteiger partial charge in [0.15, 0.2) is 28.8 Å². The molecular weight excluding hydrogens is 805 g/mol. The van der Waals surface area contributed by atoms with E-state index in [4.69, 9.17) is 19.4 Å². The van der Waals surface area contributed by atoms with Gasteiger partial charge in [-0.2, -0.15) is 0 Å². The van der Waals surface area contributed by atoms with E-state index in [0.29, 0.717) is 28.8 Å². The van der Waals surface area contributed by atoms with Crippen molar-refractivity contribution in [3.8, 4) is 90.3 Å². The molecule has 13 rings (SSSR count). The van der Waals surface area contributed by atoms with Gasteiger partial charge in [-0.3, -0.25) is 0 Å². The van der Waals surface area contributed by atoms with E-state index in [0.717, 1.165) is 55.9 Å². The summed E-state index contributed by atoms with van der Waals surface area (Å²) in [7, 11) is 0. The van der Waals surface area contributed by atoms with Crippen LogP contribution in [0.4, 0.5) is 0 Å². The van der Waals surface area contributed by atoms with Crippen LogP contribution < -0.4 is 9.47 Å². The van der Waals surface area contributed by atoms with E-state index >= 15 is 0 Å². The van der Waals surface area contributed by atoms with Crippen LogP contribution in [-0.2, 0) is 10.8 Å². The van der Waals surface area contributed by atoms with Crippen LogP contribution in [0.5, 0.6) is 23.0 Å². The number of aromatic nitrogens is 2. The molecule has 10 aromatic rings. The lowest BCUT2D eigenvalue weighted by Gasteiger charge is -2.34. The average Bonchev–Trinajstić information content (AvgIpc) is 3.82. The van der Waals surface area contributed by atoms with E-state index in [-0.39, 0.29) is 5.41 Å². The van der Waals surface area contributed by atoms with Gasteiger partial charge in [0.25, 0.3) is 0 Å². The summed E-state index contributed by atoms with van der Waals surface area (Å²) in [6.07, 6.45) is 0. The standard InChI is InChI=1S/C62H42N2O2/c1-61(2)49-30-16-14-26-44(49)45-34-33-40(37-52(45)61)60-63-53(39-19-6-3-7-20-39)38-54(64-60)46-27-13-12-25-43(46)47-29-18-32-55-58(47)66-59-56(65-55)36-35-51-57(59)48-28-15-17-31-50(48)62(51,41-21-8-4-9-22-41)42-23-10-5-11-24-42/h3-38H,1-2H3. The Morgan fingerprint density at radius 2 is 0.924 bits per heavy atom. The largest absolute Gasteiger partial charge is 0.449 e. The van der Waals surface area contributed by atoms with Crippen molar-refractivity contribution in [2.75, 3.05) is 0 Å². The highest BCUT2D eigenvalue weighted by molar-refractivity contribution is 5.94. The fraction of sp³-hybridized carbons (Fsp3) is 0.0645. The van der Waals surface area contributed by atoms with Crippen LogP contribution in [0.15, 0.2) is 218 Å². The molecule has 0 fully saturated rings. The van der Waals surface area contributed by atoms with E-state index in [2.05, 4.69) is 214 Å². The fourth-order valence-corrected chi connectivity index (χ4v) is 11.1. The average molecular weight is 847 g/mol. The Kier molecular flexibility index (Phi) is 8.44. The minimum atomic E-state index is -0.570. The van der Waals surface area contributed by atoms with Crippen molar-refractivity contribution < 1.29 is 9.47 Å². The van der Waals surface area contributed by atoms with Crippen LogP contribution in [0, 0.1) is 0 Å². The van der Waals surface area contributed by atoms with Gasteiger partial charge < -0.3 is 9.47 Å². The van der Waals surface area contributed by atoms with Crippen molar-refractivity contribution in [3.05, 3.63) is 252 Å². The van der Waals surface area contributed by atoms with E-state index in [1.165, 1.54) is 38.9 Å². The Hall–Kier alpha value is -8.34. The number of fused-ring (bicyclic) bond motifs is 9. The molecule has 0 saturated carbocycles. The highest BCUT2D eigenvalue weighted by atomic mass is 16.6. The molecule has 3 aliphatic rings. The van der Waals surface area contributed by atoms with Crippen molar-refractivity contribution in [2.24, 2.45) is 0 Å². The molecule has 2 aliphatic carbocycles. The molecule has 0 saturated heterocycles. The fourth-order valence-electron chi connectivity index (χ4n) is 11.1. The van der Waals surface area contributed by atoms with Crippen molar-refractivity contribution in [1.29, 1.82) is 0 Å². The Bertz CT molecular complexity index is 3520. The molecule has 9 aromatic carbocycles. The van der Waals surface area contributed by atoms with E-state index < -0.39 is 5.41 Å². The maximum absolute atomic E-state index is 7.34. The SMILES string of the molecule is CC1(C)c2ccccc2-c2ccc(-c3nc(-c4ccccc4)cc(-c4ccccc4-c4cccc5c4Oc4c(ccc6c4-c4ccccc4C6(c4ccccc4)c4ccccc4)O5)n3)cc21. The second kappa shape index (κ2) is 14.6. The second-order valence-electron chi connectivity index (χ2n) is 18.0. The van der Waals surface area contributed by atoms with Gasteiger partial charge >= 0.3 is 0 Å². The third-order valence-corrected chi connectivity index (χ3v) is 14.1. The smallest absolute Gasteiger partial charge is 0.178 e. The Morgan fingerprint density at radius 1 is 0.348 bits per heavy atom. The zero-order valence-corrected chi connectivity index (χ0v) is 36.5. The van der Waals surface area contributed by atoms with E-state index in [1.54, 1.807) is 0 Å². The lowest BCUT2D eigenvalue weighted by molar-refractivity contribution is 0.361. The molecule has 4 heteroatoms. The highest BCUT2D eigenvalue weighted by Gasteiger charge is 2.48. The first-order chi connectivity index (χ1) is 32.5. The first kappa shape index (κ1) is 38.1. The van der Waals surface area contributed by atoms with E-state index in [9.17, 15) is 0 Å². The number of rotatable bonds is 6. The molecule has 0 bridgehead atoms. The van der Waals surface area contributed by atoms with Crippen LogP contribution in [0.1, 0.15) is 47.2 Å². The van der Waals surface area contributed by atoms with Gasteiger partial charge in [-0.15, -0.1) is 0 Å². The van der Waals surface area contributed by atoms with Crippen molar-refractivity contribution in [1.82, 2.24) is 9.97 Å². The first-order valence-electron chi connectivity index (χ1n) is 22.6. The molecule has 2 heterocycles. The monoisotopic (exact) mass is 846 g/mol. The predicted octanol–water partition coefficient (Wildman–Crippen LogP) is 15.7. The third-order valence-electron chi connectivity index (χ3n) is 14.1. The van der Waals surface area contributed by atoms with E-state index in [1.807, 2.05) is 18.2 Å². The van der Waals surface area contributed by atoms with Gasteiger partial charge in [-0.25, -0.2) is 9.97 Å². The number of nitrogens with zero attached hydrogens (tertiary/aromatic N) is 2. The summed E-state index contributed by atoms with van der Waals surface area (Å²) in [6, 6.07) is 77.3. The summed E-state index contributed by atoms with van der Waals surface area (Å²) in [4.78, 5) is 10.7. The molecule has 1 aliphatic heterocycles. The molecule has 0 amide bonds. The highest BCUT2D eigenvalue weighted by Crippen LogP contribution is 2.63. The molecule has 312 valence electrons. The van der Waals surface area contributed by atoms with Gasteiger partial charge in [0.05, 0.1) is 16.8 Å². The summed E-state index contributed by atoms with van der Waals surface area (Å²) in [5, 5.41) is 0. The third kappa shape index (κ3) is 5.58. The zero-order chi connectivity index (χ0) is 44.0. The van der Waals surface area contributed by atoms with Gasteiger partial charge in [0.2, 0.25) is 0 Å². The van der Waals surface area contributed by atoms with Crippen molar-refractivity contribution in [2.45, 2.75) is 24.7 Å². The van der Waals surface area contributed by atoms with Gasteiger partial charge in [-0.1, -0.05) is 208 Å².